The molecule has 1 aliphatic carbocycles. The van der Waals surface area contributed by atoms with Gasteiger partial charge in [-0.25, -0.2) is 4.39 Å². The summed E-state index contributed by atoms with van der Waals surface area (Å²) in [7, 11) is 0. The average Bonchev–Trinajstić information content (AvgIpc) is 2.86. The number of rotatable bonds is 1. The van der Waals surface area contributed by atoms with Gasteiger partial charge in [-0.2, -0.15) is 0 Å². The molecule has 1 heterocycles. The molecule has 1 fully saturated rings. The van der Waals surface area contributed by atoms with Crippen molar-refractivity contribution in [1.29, 1.82) is 0 Å². The summed E-state index contributed by atoms with van der Waals surface area (Å²) in [6, 6.07) is 5.72. The van der Waals surface area contributed by atoms with Crippen molar-refractivity contribution >= 4 is 5.91 Å². The van der Waals surface area contributed by atoms with Crippen molar-refractivity contribution in [3.63, 3.8) is 0 Å². The number of nitrogens with zero attached hydrogens (tertiary/aromatic N) is 1. The Balaban J connectivity index is 1.71. The zero-order valence-corrected chi connectivity index (χ0v) is 12.3. The molecule has 5 heteroatoms. The summed E-state index contributed by atoms with van der Waals surface area (Å²) in [5.74, 6) is 2.19. The second kappa shape index (κ2) is 5.98. The topological polar surface area (TPSA) is 66.6 Å². The molecule has 0 radical (unpaired) electrons. The van der Waals surface area contributed by atoms with E-state index in [9.17, 15) is 14.3 Å². The number of hydrogen-bond acceptors (Lipinski definition) is 3. The van der Waals surface area contributed by atoms with Crippen LogP contribution in [0.3, 0.4) is 0 Å². The molecule has 1 aromatic rings. The molecule has 0 atom stereocenters. The molecule has 116 valence electrons. The van der Waals surface area contributed by atoms with Gasteiger partial charge in [-0.3, -0.25) is 9.69 Å². The van der Waals surface area contributed by atoms with Gasteiger partial charge >= 0.3 is 0 Å². The molecule has 1 saturated carbocycles. The number of halogens is 1. The molecule has 3 N–H and O–H groups in total. The van der Waals surface area contributed by atoms with Crippen molar-refractivity contribution in [3.05, 3.63) is 29.1 Å². The minimum atomic E-state index is -0.852. The van der Waals surface area contributed by atoms with Crippen molar-refractivity contribution in [3.8, 4) is 17.7 Å². The van der Waals surface area contributed by atoms with Gasteiger partial charge in [0.2, 0.25) is 0 Å². The first-order valence-electron chi connectivity index (χ1n) is 7.63. The zero-order chi connectivity index (χ0) is 15.7. The smallest absolute Gasteiger partial charge is 0.269 e. The Hall–Kier alpha value is -2.06. The van der Waals surface area contributed by atoms with Crippen LogP contribution in [-0.2, 0) is 6.54 Å². The van der Waals surface area contributed by atoms with Crippen LogP contribution >= 0.6 is 0 Å². The maximum absolute atomic E-state index is 13.8. The van der Waals surface area contributed by atoms with Crippen LogP contribution in [0.4, 0.5) is 4.39 Å². The number of carbonyl (C=O) groups excluding carboxylic acids is 1. The molecule has 4 nitrogen and oxygen atoms in total. The number of aromatic hydroxyl groups is 1. The third-order valence-electron chi connectivity index (χ3n) is 4.58. The number of hydrogen-bond donors (Lipinski definition) is 2. The third-order valence-corrected chi connectivity index (χ3v) is 4.58. The molecule has 0 aromatic heterocycles. The van der Waals surface area contributed by atoms with Crippen molar-refractivity contribution in [2.75, 3.05) is 6.54 Å². The fourth-order valence-corrected chi connectivity index (χ4v) is 3.15. The van der Waals surface area contributed by atoms with Crippen LogP contribution < -0.4 is 5.73 Å². The monoisotopic (exact) mass is 302 g/mol. The van der Waals surface area contributed by atoms with Crippen LogP contribution in [-0.4, -0.2) is 22.5 Å². The quantitative estimate of drug-likeness (QED) is 0.782. The zero-order valence-electron chi connectivity index (χ0n) is 12.3. The predicted molar refractivity (Wildman–Crippen MR) is 80.2 cm³/mol. The number of phenolic OH excluding ortho intramolecular Hbond substituents is 1. The van der Waals surface area contributed by atoms with Crippen molar-refractivity contribution in [2.45, 2.75) is 32.2 Å². The summed E-state index contributed by atoms with van der Waals surface area (Å²) in [6.07, 6.45) is 4.15. The van der Waals surface area contributed by atoms with Crippen LogP contribution in [0.15, 0.2) is 12.1 Å². The fourth-order valence-electron chi connectivity index (χ4n) is 3.15. The Labute approximate surface area is 129 Å². The third kappa shape index (κ3) is 2.67. The lowest BCUT2D eigenvalue weighted by Gasteiger charge is -2.24. The van der Waals surface area contributed by atoms with Gasteiger partial charge in [-0.1, -0.05) is 12.0 Å². The number of amides is 1. The Bertz CT molecular complexity index is 655. The highest BCUT2D eigenvalue weighted by atomic mass is 19.1. The van der Waals surface area contributed by atoms with Gasteiger partial charge in [0.15, 0.2) is 11.6 Å². The molecule has 1 amide bonds. The molecule has 0 saturated heterocycles. The number of nitrogens with two attached hydrogens (primary N) is 1. The first-order chi connectivity index (χ1) is 10.6. The first-order valence-corrected chi connectivity index (χ1v) is 7.63. The summed E-state index contributed by atoms with van der Waals surface area (Å²) in [5, 5.41) is 9.38. The predicted octanol–water partition coefficient (Wildman–Crippen LogP) is 2.21. The molecular formula is C17H19FN2O2. The largest absolute Gasteiger partial charge is 0.505 e. The Morgan fingerprint density at radius 1 is 1.32 bits per heavy atom. The van der Waals surface area contributed by atoms with Crippen molar-refractivity contribution in [2.24, 2.45) is 17.6 Å². The molecule has 2 aliphatic rings. The van der Waals surface area contributed by atoms with E-state index in [2.05, 4.69) is 12.0 Å². The number of fused-ring (bicyclic) bond motifs is 1. The molecule has 1 aromatic carbocycles. The molecule has 0 bridgehead atoms. The normalized spacial score (nSPS) is 23.9. The molecule has 0 unspecified atom stereocenters. The maximum Gasteiger partial charge on any atom is 0.269 e. The lowest BCUT2D eigenvalue weighted by molar-refractivity contribution is 0.0849. The number of phenols is 1. The van der Waals surface area contributed by atoms with Gasteiger partial charge < -0.3 is 10.8 Å². The lowest BCUT2D eigenvalue weighted by atomic mass is 9.82. The van der Waals surface area contributed by atoms with Gasteiger partial charge in [0.05, 0.1) is 12.1 Å². The summed E-state index contributed by atoms with van der Waals surface area (Å²) in [5.41, 5.74) is 6.19. The van der Waals surface area contributed by atoms with E-state index in [0.29, 0.717) is 11.5 Å². The second-order valence-corrected chi connectivity index (χ2v) is 6.03. The average molecular weight is 302 g/mol. The minimum Gasteiger partial charge on any atom is -0.505 e. The van der Waals surface area contributed by atoms with E-state index in [0.717, 1.165) is 32.2 Å². The summed E-state index contributed by atoms with van der Waals surface area (Å²) >= 11 is 0. The number of benzene rings is 1. The highest BCUT2D eigenvalue weighted by Gasteiger charge is 2.31. The van der Waals surface area contributed by atoms with E-state index in [1.807, 2.05) is 0 Å². The molecule has 1 aliphatic heterocycles. The molecular weight excluding hydrogens is 283 g/mol. The van der Waals surface area contributed by atoms with Crippen LogP contribution in [0, 0.1) is 29.6 Å². The summed E-state index contributed by atoms with van der Waals surface area (Å²) in [4.78, 5) is 13.5. The van der Waals surface area contributed by atoms with E-state index in [-0.39, 0.29) is 18.0 Å². The highest BCUT2D eigenvalue weighted by Crippen LogP contribution is 2.30. The second-order valence-electron chi connectivity index (χ2n) is 6.03. The number of carbonyl (C=O) groups is 1. The van der Waals surface area contributed by atoms with Crippen molar-refractivity contribution < 1.29 is 14.3 Å². The van der Waals surface area contributed by atoms with E-state index in [1.165, 1.54) is 11.0 Å². The first kappa shape index (κ1) is 14.9. The van der Waals surface area contributed by atoms with Crippen LogP contribution in [0.2, 0.25) is 0 Å². The molecule has 0 spiro atoms. The van der Waals surface area contributed by atoms with E-state index in [1.54, 1.807) is 6.07 Å². The van der Waals surface area contributed by atoms with E-state index >= 15 is 0 Å². The Kier molecular flexibility index (Phi) is 4.04. The van der Waals surface area contributed by atoms with Crippen LogP contribution in [0.25, 0.3) is 0 Å². The highest BCUT2D eigenvalue weighted by molar-refractivity contribution is 6.00. The standard InChI is InChI=1S/C17H19FN2O2/c18-16-14(21)6-5-13-10-20(17(22)15(13)16)8-7-11-1-3-12(9-19)4-2-11/h5-6,11-12,21H,1-4,9-10,19H2. The summed E-state index contributed by atoms with van der Waals surface area (Å²) < 4.78 is 13.8. The maximum atomic E-state index is 13.8. The van der Waals surface area contributed by atoms with E-state index < -0.39 is 17.5 Å². The van der Waals surface area contributed by atoms with Crippen molar-refractivity contribution in [1.82, 2.24) is 4.90 Å². The minimum absolute atomic E-state index is 0.0545. The molecule has 3 rings (SSSR count). The Morgan fingerprint density at radius 2 is 2.05 bits per heavy atom. The van der Waals surface area contributed by atoms with Crippen LogP contribution in [0.1, 0.15) is 41.6 Å². The van der Waals surface area contributed by atoms with Gasteiger partial charge in [0.25, 0.3) is 5.91 Å². The van der Waals surface area contributed by atoms with Gasteiger partial charge in [0, 0.05) is 12.0 Å². The van der Waals surface area contributed by atoms with Gasteiger partial charge in [-0.05, 0) is 49.8 Å². The van der Waals surface area contributed by atoms with Crippen LogP contribution in [0.5, 0.6) is 5.75 Å². The van der Waals surface area contributed by atoms with Gasteiger partial charge in [-0.15, -0.1) is 0 Å². The fraction of sp³-hybridized carbons (Fsp3) is 0.471. The van der Waals surface area contributed by atoms with E-state index in [4.69, 9.17) is 5.73 Å². The summed E-state index contributed by atoms with van der Waals surface area (Å²) in [6.45, 7) is 0.999. The van der Waals surface area contributed by atoms with Gasteiger partial charge in [0.1, 0.15) is 0 Å². The molecule has 22 heavy (non-hydrogen) atoms. The SMILES string of the molecule is NCC1CCC(C#CN2Cc3ccc(O)c(F)c3C2=O)CC1. The Morgan fingerprint density at radius 3 is 2.73 bits per heavy atom. The lowest BCUT2D eigenvalue weighted by Crippen LogP contribution is -2.22.